The Morgan fingerprint density at radius 2 is 2.19 bits per heavy atom. The number of amides is 2. The first-order valence-corrected chi connectivity index (χ1v) is 7.70. The van der Waals surface area contributed by atoms with Gasteiger partial charge in [-0.15, -0.1) is 23.7 Å². The number of rotatable bonds is 6. The summed E-state index contributed by atoms with van der Waals surface area (Å²) < 4.78 is 0. The van der Waals surface area contributed by atoms with E-state index in [1.54, 1.807) is 13.0 Å². The molecular weight excluding hydrogens is 310 g/mol. The molecule has 0 aromatic carbocycles. The summed E-state index contributed by atoms with van der Waals surface area (Å²) in [7, 11) is 0. The van der Waals surface area contributed by atoms with Crippen molar-refractivity contribution >= 4 is 35.6 Å². The van der Waals surface area contributed by atoms with E-state index in [4.69, 9.17) is 5.73 Å². The van der Waals surface area contributed by atoms with E-state index in [9.17, 15) is 9.59 Å². The summed E-state index contributed by atoms with van der Waals surface area (Å²) in [5.41, 5.74) is 5.41. The van der Waals surface area contributed by atoms with Crippen LogP contribution >= 0.6 is 23.7 Å². The summed E-state index contributed by atoms with van der Waals surface area (Å²) in [6, 6.07) is 2.97. The Balaban J connectivity index is 0.00000220. The van der Waals surface area contributed by atoms with Gasteiger partial charge < -0.3 is 16.4 Å². The normalized spacial score (nSPS) is 18.0. The van der Waals surface area contributed by atoms with Crippen LogP contribution in [0.1, 0.15) is 36.4 Å². The van der Waals surface area contributed by atoms with Crippen molar-refractivity contribution in [3.8, 4) is 0 Å². The summed E-state index contributed by atoms with van der Waals surface area (Å²) >= 11 is 1.35. The van der Waals surface area contributed by atoms with Gasteiger partial charge in [0.15, 0.2) is 0 Å². The zero-order chi connectivity index (χ0) is 14.8. The Hall–Kier alpha value is -1.11. The highest BCUT2D eigenvalue weighted by Gasteiger charge is 2.42. The molecular formula is C14H22ClN3O2S. The Labute approximate surface area is 135 Å². The third kappa shape index (κ3) is 4.43. The summed E-state index contributed by atoms with van der Waals surface area (Å²) in [6.07, 6.45) is 2.20. The monoisotopic (exact) mass is 331 g/mol. The smallest absolute Gasteiger partial charge is 0.261 e. The van der Waals surface area contributed by atoms with Crippen LogP contribution in [0.3, 0.4) is 0 Å². The first-order chi connectivity index (χ1) is 9.46. The highest BCUT2D eigenvalue weighted by Crippen LogP contribution is 2.38. The van der Waals surface area contributed by atoms with Gasteiger partial charge in [0.2, 0.25) is 5.91 Å². The van der Waals surface area contributed by atoms with Crippen molar-refractivity contribution in [2.75, 3.05) is 6.54 Å². The minimum absolute atomic E-state index is 0. The maximum Gasteiger partial charge on any atom is 0.261 e. The molecule has 0 spiro atoms. The molecule has 1 aliphatic rings. The van der Waals surface area contributed by atoms with Gasteiger partial charge in [-0.1, -0.05) is 6.07 Å². The summed E-state index contributed by atoms with van der Waals surface area (Å²) in [6.45, 7) is 4.07. The Morgan fingerprint density at radius 3 is 2.67 bits per heavy atom. The van der Waals surface area contributed by atoms with Crippen molar-refractivity contribution in [3.05, 3.63) is 22.4 Å². The maximum absolute atomic E-state index is 12.2. The fourth-order valence-electron chi connectivity index (χ4n) is 2.17. The van der Waals surface area contributed by atoms with Crippen molar-refractivity contribution in [2.24, 2.45) is 11.7 Å². The molecule has 2 rings (SSSR count). The molecule has 1 aliphatic carbocycles. The van der Waals surface area contributed by atoms with Crippen LogP contribution in [0, 0.1) is 5.92 Å². The van der Waals surface area contributed by atoms with Crippen LogP contribution in [-0.4, -0.2) is 29.9 Å². The molecule has 1 saturated carbocycles. The number of thiophene rings is 1. The SMILES string of the molecule is CC(NC(=O)c1cccs1)C(=O)NC(C)(CN)C1CC1.Cl. The van der Waals surface area contributed by atoms with Crippen molar-refractivity contribution in [1.29, 1.82) is 0 Å². The number of carbonyl (C=O) groups is 2. The lowest BCUT2D eigenvalue weighted by atomic mass is 9.95. The van der Waals surface area contributed by atoms with E-state index in [1.165, 1.54) is 11.3 Å². The van der Waals surface area contributed by atoms with Gasteiger partial charge in [-0.05, 0) is 44.1 Å². The molecule has 0 saturated heterocycles. The second-order valence-corrected chi connectivity index (χ2v) is 6.51. The first kappa shape index (κ1) is 17.9. The Bertz CT molecular complexity index is 490. The van der Waals surface area contributed by atoms with E-state index in [0.29, 0.717) is 17.3 Å². The fraction of sp³-hybridized carbons (Fsp3) is 0.571. The van der Waals surface area contributed by atoms with Gasteiger partial charge in [-0.3, -0.25) is 9.59 Å². The molecule has 1 heterocycles. The molecule has 1 aromatic heterocycles. The fourth-order valence-corrected chi connectivity index (χ4v) is 2.80. The van der Waals surface area contributed by atoms with Gasteiger partial charge in [0.05, 0.1) is 10.4 Å². The van der Waals surface area contributed by atoms with E-state index < -0.39 is 6.04 Å². The molecule has 0 aliphatic heterocycles. The van der Waals surface area contributed by atoms with Crippen molar-refractivity contribution in [3.63, 3.8) is 0 Å². The largest absolute Gasteiger partial charge is 0.348 e. The minimum Gasteiger partial charge on any atom is -0.348 e. The summed E-state index contributed by atoms with van der Waals surface area (Å²) in [5, 5.41) is 7.52. The van der Waals surface area contributed by atoms with Gasteiger partial charge in [-0.25, -0.2) is 0 Å². The van der Waals surface area contributed by atoms with Crippen LogP contribution < -0.4 is 16.4 Å². The molecule has 0 radical (unpaired) electrons. The van der Waals surface area contributed by atoms with Crippen LogP contribution in [0.5, 0.6) is 0 Å². The van der Waals surface area contributed by atoms with Gasteiger partial charge in [0.1, 0.15) is 6.04 Å². The average Bonchev–Trinajstić information content (AvgIpc) is 3.14. The second kappa shape index (κ2) is 7.24. The predicted octanol–water partition coefficient (Wildman–Crippen LogP) is 1.53. The minimum atomic E-state index is -0.575. The lowest BCUT2D eigenvalue weighted by Gasteiger charge is -2.31. The number of carbonyl (C=O) groups excluding carboxylic acids is 2. The molecule has 2 unspecified atom stereocenters. The number of hydrogen-bond donors (Lipinski definition) is 3. The number of halogens is 1. The van der Waals surface area contributed by atoms with Gasteiger partial charge in [-0.2, -0.15) is 0 Å². The summed E-state index contributed by atoms with van der Waals surface area (Å²) in [5.74, 6) is 0.0509. The summed E-state index contributed by atoms with van der Waals surface area (Å²) in [4.78, 5) is 24.7. The highest BCUT2D eigenvalue weighted by molar-refractivity contribution is 7.12. The molecule has 5 nitrogen and oxygen atoms in total. The molecule has 4 N–H and O–H groups in total. The third-order valence-electron chi connectivity index (χ3n) is 3.80. The predicted molar refractivity (Wildman–Crippen MR) is 86.8 cm³/mol. The quantitative estimate of drug-likeness (QED) is 0.739. The van der Waals surface area contributed by atoms with Gasteiger partial charge >= 0.3 is 0 Å². The Kier molecular flexibility index (Phi) is 6.19. The molecule has 21 heavy (non-hydrogen) atoms. The van der Waals surface area contributed by atoms with Crippen LogP contribution in [0.4, 0.5) is 0 Å². The lowest BCUT2D eigenvalue weighted by Crippen LogP contribution is -2.57. The topological polar surface area (TPSA) is 84.2 Å². The lowest BCUT2D eigenvalue weighted by molar-refractivity contribution is -0.124. The van der Waals surface area contributed by atoms with E-state index in [1.807, 2.05) is 18.4 Å². The Morgan fingerprint density at radius 1 is 1.52 bits per heavy atom. The van der Waals surface area contributed by atoms with Crippen LogP contribution in [-0.2, 0) is 4.79 Å². The number of nitrogens with one attached hydrogen (secondary N) is 2. The van der Waals surface area contributed by atoms with Crippen LogP contribution in [0.2, 0.25) is 0 Å². The van der Waals surface area contributed by atoms with Gasteiger partial charge in [0, 0.05) is 6.54 Å². The molecule has 2 amide bonds. The molecule has 7 heteroatoms. The van der Waals surface area contributed by atoms with E-state index in [0.717, 1.165) is 12.8 Å². The highest BCUT2D eigenvalue weighted by atomic mass is 35.5. The number of nitrogens with two attached hydrogens (primary N) is 1. The molecule has 2 atom stereocenters. The van der Waals surface area contributed by atoms with E-state index in [-0.39, 0.29) is 29.8 Å². The first-order valence-electron chi connectivity index (χ1n) is 6.83. The molecule has 1 aromatic rings. The van der Waals surface area contributed by atoms with Crippen molar-refractivity contribution < 1.29 is 9.59 Å². The average molecular weight is 332 g/mol. The van der Waals surface area contributed by atoms with Crippen molar-refractivity contribution in [1.82, 2.24) is 10.6 Å². The number of hydrogen-bond acceptors (Lipinski definition) is 4. The maximum atomic E-state index is 12.2. The molecule has 118 valence electrons. The van der Waals surface area contributed by atoms with E-state index in [2.05, 4.69) is 10.6 Å². The van der Waals surface area contributed by atoms with Crippen LogP contribution in [0.25, 0.3) is 0 Å². The third-order valence-corrected chi connectivity index (χ3v) is 4.67. The van der Waals surface area contributed by atoms with Crippen molar-refractivity contribution in [2.45, 2.75) is 38.3 Å². The van der Waals surface area contributed by atoms with E-state index >= 15 is 0 Å². The van der Waals surface area contributed by atoms with Crippen LogP contribution in [0.15, 0.2) is 17.5 Å². The second-order valence-electron chi connectivity index (χ2n) is 5.56. The zero-order valence-corrected chi connectivity index (χ0v) is 13.9. The standard InChI is InChI=1S/C14H21N3O2S.ClH/c1-9(16-13(19)11-4-3-7-20-11)12(18)17-14(2,8-15)10-5-6-10;/h3-4,7,9-10H,5-6,8,15H2,1-2H3,(H,16,19)(H,17,18);1H. The molecule has 1 fully saturated rings. The zero-order valence-electron chi connectivity index (χ0n) is 12.2. The molecule has 0 bridgehead atoms. The van der Waals surface area contributed by atoms with Gasteiger partial charge in [0.25, 0.3) is 5.91 Å².